The largest absolute Gasteiger partial charge is 0.494 e. The van der Waals surface area contributed by atoms with Crippen LogP contribution < -0.4 is 9.47 Å². The second kappa shape index (κ2) is 16.1. The molecule has 0 aromatic heterocycles. The second-order valence-corrected chi connectivity index (χ2v) is 10.7. The molecule has 0 saturated heterocycles. The summed E-state index contributed by atoms with van der Waals surface area (Å²) < 4.78 is 11.3. The average molecular weight is 504 g/mol. The lowest BCUT2D eigenvalue weighted by Crippen LogP contribution is -2.15. The monoisotopic (exact) mass is 503 g/mol. The van der Waals surface area contributed by atoms with Gasteiger partial charge in [0.1, 0.15) is 17.6 Å². The summed E-state index contributed by atoms with van der Waals surface area (Å²) in [5.74, 6) is 2.32. The maximum absolute atomic E-state index is 12.7. The third-order valence-electron chi connectivity index (χ3n) is 7.75. The fraction of sp³-hybridized carbons (Fsp3) is 0.576. The number of rotatable bonds is 15. The number of nitrogens with zero attached hydrogens (tertiary/aromatic N) is 1. The van der Waals surface area contributed by atoms with Crippen molar-refractivity contribution in [3.8, 4) is 17.6 Å². The van der Waals surface area contributed by atoms with Crippen LogP contribution in [0.1, 0.15) is 119 Å². The molecule has 200 valence electrons. The van der Waals surface area contributed by atoms with Gasteiger partial charge in [-0.15, -0.1) is 0 Å². The zero-order valence-electron chi connectivity index (χ0n) is 23.0. The van der Waals surface area contributed by atoms with Crippen LogP contribution in [-0.2, 0) is 6.42 Å². The first-order chi connectivity index (χ1) is 18.1. The van der Waals surface area contributed by atoms with E-state index < -0.39 is 5.97 Å². The Morgan fingerprint density at radius 3 is 2.22 bits per heavy atom. The molecule has 4 nitrogen and oxygen atoms in total. The zero-order chi connectivity index (χ0) is 26.3. The smallest absolute Gasteiger partial charge is 0.343 e. The first kappa shape index (κ1) is 28.8. The molecule has 0 unspecified atom stereocenters. The lowest BCUT2D eigenvalue weighted by Gasteiger charge is -2.28. The van der Waals surface area contributed by atoms with Gasteiger partial charge in [0.05, 0.1) is 17.7 Å². The summed E-state index contributed by atoms with van der Waals surface area (Å²) in [6, 6.07) is 14.9. The molecule has 0 N–H and O–H groups in total. The highest BCUT2D eigenvalue weighted by Gasteiger charge is 2.21. The summed E-state index contributed by atoms with van der Waals surface area (Å²) in [6.07, 6.45) is 17.6. The van der Waals surface area contributed by atoms with Gasteiger partial charge in [-0.3, -0.25) is 0 Å². The fourth-order valence-electron chi connectivity index (χ4n) is 5.34. The summed E-state index contributed by atoms with van der Waals surface area (Å²) in [5.41, 5.74) is 2.00. The minimum atomic E-state index is -0.463. The molecule has 1 aliphatic carbocycles. The normalized spacial score (nSPS) is 17.2. The van der Waals surface area contributed by atoms with Gasteiger partial charge in [0.15, 0.2) is 0 Å². The minimum absolute atomic E-state index is 0.320. The van der Waals surface area contributed by atoms with E-state index in [-0.39, 0.29) is 0 Å². The maximum Gasteiger partial charge on any atom is 0.343 e. The average Bonchev–Trinajstić information content (AvgIpc) is 2.93. The van der Waals surface area contributed by atoms with E-state index in [0.717, 1.165) is 36.0 Å². The number of hydrogen-bond acceptors (Lipinski definition) is 4. The number of hydrogen-bond donors (Lipinski definition) is 0. The molecule has 2 aromatic rings. The standard InChI is InChI=1S/C33H45NO3/c1-3-5-7-9-23-36-31-20-18-29(19-21-31)33(35)37-32-22-17-28(24-30(32)25-34)16-15-27-13-11-26(12-14-27)10-8-6-4-2/h17-22,24,26-27H,3-16,23H2,1-2H3/t26-,27-. The van der Waals surface area contributed by atoms with Crippen molar-refractivity contribution in [2.45, 2.75) is 104 Å². The van der Waals surface area contributed by atoms with Gasteiger partial charge >= 0.3 is 5.97 Å². The highest BCUT2D eigenvalue weighted by Crippen LogP contribution is 2.34. The number of unbranched alkanes of at least 4 members (excludes halogenated alkanes) is 5. The fourth-order valence-corrected chi connectivity index (χ4v) is 5.34. The van der Waals surface area contributed by atoms with Crippen molar-refractivity contribution in [2.75, 3.05) is 6.61 Å². The molecule has 0 amide bonds. The van der Waals surface area contributed by atoms with E-state index in [0.29, 0.717) is 23.5 Å². The van der Waals surface area contributed by atoms with Crippen LogP contribution in [0.25, 0.3) is 0 Å². The van der Waals surface area contributed by atoms with Crippen LogP contribution in [0.3, 0.4) is 0 Å². The van der Waals surface area contributed by atoms with Crippen LogP contribution in [0.5, 0.6) is 11.5 Å². The number of benzene rings is 2. The van der Waals surface area contributed by atoms with Gasteiger partial charge in [-0.25, -0.2) is 4.79 Å². The summed E-state index contributed by atoms with van der Waals surface area (Å²) in [4.78, 5) is 12.7. The molecule has 0 bridgehead atoms. The summed E-state index contributed by atoms with van der Waals surface area (Å²) >= 11 is 0. The highest BCUT2D eigenvalue weighted by atomic mass is 16.5. The van der Waals surface area contributed by atoms with Crippen molar-refractivity contribution in [3.05, 3.63) is 59.2 Å². The predicted molar refractivity (Wildman–Crippen MR) is 150 cm³/mol. The second-order valence-electron chi connectivity index (χ2n) is 10.7. The Morgan fingerprint density at radius 1 is 0.865 bits per heavy atom. The van der Waals surface area contributed by atoms with Crippen LogP contribution >= 0.6 is 0 Å². The van der Waals surface area contributed by atoms with Gasteiger partial charge < -0.3 is 9.47 Å². The highest BCUT2D eigenvalue weighted by molar-refractivity contribution is 5.91. The molecular weight excluding hydrogens is 458 g/mol. The molecule has 1 saturated carbocycles. The molecule has 0 spiro atoms. The predicted octanol–water partition coefficient (Wildman–Crippen LogP) is 9.06. The number of nitriles is 1. The summed E-state index contributed by atoms with van der Waals surface area (Å²) in [6.45, 7) is 5.15. The Labute approximate surface area is 224 Å². The quantitative estimate of drug-likeness (QED) is 0.138. The van der Waals surface area contributed by atoms with E-state index >= 15 is 0 Å². The third kappa shape index (κ3) is 9.88. The molecular formula is C33H45NO3. The molecule has 37 heavy (non-hydrogen) atoms. The van der Waals surface area contributed by atoms with Crippen LogP contribution in [0.15, 0.2) is 42.5 Å². The van der Waals surface area contributed by atoms with Crippen molar-refractivity contribution in [2.24, 2.45) is 11.8 Å². The number of carbonyl (C=O) groups is 1. The molecule has 2 aromatic carbocycles. The Balaban J connectivity index is 1.45. The lowest BCUT2D eigenvalue weighted by atomic mass is 9.78. The molecule has 0 heterocycles. The van der Waals surface area contributed by atoms with Crippen molar-refractivity contribution >= 4 is 5.97 Å². The van der Waals surface area contributed by atoms with Gasteiger partial charge in [0, 0.05) is 0 Å². The van der Waals surface area contributed by atoms with Crippen LogP contribution in [0.2, 0.25) is 0 Å². The first-order valence-corrected chi connectivity index (χ1v) is 14.6. The molecule has 0 radical (unpaired) electrons. The van der Waals surface area contributed by atoms with Crippen LogP contribution in [-0.4, -0.2) is 12.6 Å². The van der Waals surface area contributed by atoms with Crippen LogP contribution in [0, 0.1) is 23.2 Å². The first-order valence-electron chi connectivity index (χ1n) is 14.6. The van der Waals surface area contributed by atoms with E-state index in [4.69, 9.17) is 9.47 Å². The Hall–Kier alpha value is -2.80. The van der Waals surface area contributed by atoms with Gasteiger partial charge in [-0.1, -0.05) is 90.5 Å². The Morgan fingerprint density at radius 2 is 1.54 bits per heavy atom. The topological polar surface area (TPSA) is 59.3 Å². The molecule has 4 heteroatoms. The SMILES string of the molecule is CCCCCCOc1ccc(C(=O)Oc2ccc(CC[C@H]3CC[C@H](CCCCC)CC3)cc2C#N)cc1. The van der Waals surface area contributed by atoms with E-state index in [9.17, 15) is 10.1 Å². The van der Waals surface area contributed by atoms with E-state index in [1.54, 1.807) is 30.3 Å². The number of carbonyl (C=O) groups excluding carboxylic acids is 1. The Kier molecular flexibility index (Phi) is 12.5. The molecule has 0 aliphatic heterocycles. The van der Waals surface area contributed by atoms with E-state index in [2.05, 4.69) is 19.9 Å². The zero-order valence-corrected chi connectivity index (χ0v) is 23.0. The van der Waals surface area contributed by atoms with E-state index in [1.807, 2.05) is 12.1 Å². The van der Waals surface area contributed by atoms with Crippen molar-refractivity contribution in [3.63, 3.8) is 0 Å². The maximum atomic E-state index is 12.7. The number of ether oxygens (including phenoxy) is 2. The van der Waals surface area contributed by atoms with Gasteiger partial charge in [-0.05, 0) is 73.1 Å². The summed E-state index contributed by atoms with van der Waals surface area (Å²) in [5, 5.41) is 9.68. The third-order valence-corrected chi connectivity index (χ3v) is 7.75. The van der Waals surface area contributed by atoms with Crippen LogP contribution in [0.4, 0.5) is 0 Å². The summed E-state index contributed by atoms with van der Waals surface area (Å²) in [7, 11) is 0. The molecule has 1 aliphatic rings. The van der Waals surface area contributed by atoms with Gasteiger partial charge in [-0.2, -0.15) is 5.26 Å². The minimum Gasteiger partial charge on any atom is -0.494 e. The van der Waals surface area contributed by atoms with Crippen molar-refractivity contribution in [1.82, 2.24) is 0 Å². The molecule has 1 fully saturated rings. The Bertz CT molecular complexity index is 984. The number of aryl methyl sites for hydroxylation is 1. The van der Waals surface area contributed by atoms with Crippen molar-refractivity contribution in [1.29, 1.82) is 5.26 Å². The molecule has 3 rings (SSSR count). The van der Waals surface area contributed by atoms with Gasteiger partial charge in [0.2, 0.25) is 0 Å². The lowest BCUT2D eigenvalue weighted by molar-refractivity contribution is 0.0734. The van der Waals surface area contributed by atoms with Crippen molar-refractivity contribution < 1.29 is 14.3 Å². The number of esters is 1. The van der Waals surface area contributed by atoms with E-state index in [1.165, 1.54) is 77.0 Å². The molecule has 0 atom stereocenters. The van der Waals surface area contributed by atoms with Gasteiger partial charge in [0.25, 0.3) is 0 Å².